The predicted molar refractivity (Wildman–Crippen MR) is 92.8 cm³/mol. The maximum atomic E-state index is 11.2. The number of allylic oxidation sites excluding steroid dienone is 1. The molecule has 1 fully saturated rings. The fourth-order valence-electron chi connectivity index (χ4n) is 2.88. The lowest BCUT2D eigenvalue weighted by molar-refractivity contribution is -0.114. The number of piperazine rings is 1. The summed E-state index contributed by atoms with van der Waals surface area (Å²) in [7, 11) is 0. The number of hydrogen-bond acceptors (Lipinski definition) is 4. The number of pyridine rings is 1. The standard InChI is InChI=1S/C17H25ClN4O/c1-3-5-15-14(6-4-7-20-15)12-21-8-10-22(11-9-21)13(2)16(18)17(19)23/h4,6-7H,3,5,8-12H2,1-2H3,(H2,19,23)/b16-13-. The molecule has 0 spiro atoms. The van der Waals surface area contributed by atoms with Gasteiger partial charge in [0, 0.05) is 50.3 Å². The van der Waals surface area contributed by atoms with E-state index >= 15 is 0 Å². The maximum Gasteiger partial charge on any atom is 0.261 e. The second-order valence-corrected chi connectivity index (χ2v) is 6.26. The Labute approximate surface area is 143 Å². The lowest BCUT2D eigenvalue weighted by Gasteiger charge is -2.36. The van der Waals surface area contributed by atoms with Crippen molar-refractivity contribution in [1.29, 1.82) is 0 Å². The molecule has 0 atom stereocenters. The number of hydrogen-bond donors (Lipinski definition) is 1. The molecule has 0 unspecified atom stereocenters. The minimum Gasteiger partial charge on any atom is -0.371 e. The predicted octanol–water partition coefficient (Wildman–Crippen LogP) is 2.11. The van der Waals surface area contributed by atoms with E-state index in [-0.39, 0.29) is 5.03 Å². The number of carbonyl (C=O) groups excluding carboxylic acids is 1. The molecular weight excluding hydrogens is 312 g/mol. The van der Waals surface area contributed by atoms with Gasteiger partial charge in [-0.3, -0.25) is 14.7 Å². The highest BCUT2D eigenvalue weighted by Crippen LogP contribution is 2.18. The van der Waals surface area contributed by atoms with E-state index in [1.165, 1.54) is 11.3 Å². The Bertz CT molecular complexity index is 580. The smallest absolute Gasteiger partial charge is 0.261 e. The molecule has 0 aliphatic carbocycles. The third-order valence-corrected chi connectivity index (χ3v) is 4.71. The average molecular weight is 337 g/mol. The number of aryl methyl sites for hydroxylation is 1. The van der Waals surface area contributed by atoms with Crippen LogP contribution in [0.5, 0.6) is 0 Å². The van der Waals surface area contributed by atoms with E-state index in [0.29, 0.717) is 0 Å². The molecule has 0 aromatic carbocycles. The normalized spacial score (nSPS) is 17.1. The molecule has 1 aliphatic rings. The summed E-state index contributed by atoms with van der Waals surface area (Å²) in [6, 6.07) is 4.17. The van der Waals surface area contributed by atoms with Crippen LogP contribution in [-0.2, 0) is 17.8 Å². The minimum absolute atomic E-state index is 0.135. The third kappa shape index (κ3) is 4.69. The molecule has 2 rings (SSSR count). The number of aromatic nitrogens is 1. The van der Waals surface area contributed by atoms with Crippen LogP contribution in [0.15, 0.2) is 29.1 Å². The zero-order valence-corrected chi connectivity index (χ0v) is 14.6. The molecule has 6 heteroatoms. The molecule has 1 aromatic rings. The summed E-state index contributed by atoms with van der Waals surface area (Å²) in [5.74, 6) is -0.564. The Kier molecular flexibility index (Phi) is 6.42. The largest absolute Gasteiger partial charge is 0.371 e. The van der Waals surface area contributed by atoms with Gasteiger partial charge in [0.05, 0.1) is 0 Å². The molecule has 1 amide bonds. The van der Waals surface area contributed by atoms with E-state index in [1.807, 2.05) is 19.2 Å². The number of carbonyl (C=O) groups is 1. The average Bonchev–Trinajstić information content (AvgIpc) is 2.56. The van der Waals surface area contributed by atoms with Crippen LogP contribution in [0.1, 0.15) is 31.5 Å². The summed E-state index contributed by atoms with van der Waals surface area (Å²) in [6.07, 6.45) is 3.99. The van der Waals surface area contributed by atoms with Gasteiger partial charge in [0.15, 0.2) is 0 Å². The molecule has 5 nitrogen and oxygen atoms in total. The highest BCUT2D eigenvalue weighted by Gasteiger charge is 2.20. The first kappa shape index (κ1) is 17.8. The monoisotopic (exact) mass is 336 g/mol. The van der Waals surface area contributed by atoms with Crippen molar-refractivity contribution in [3.05, 3.63) is 40.3 Å². The molecule has 0 bridgehead atoms. The molecule has 126 valence electrons. The summed E-state index contributed by atoms with van der Waals surface area (Å²) in [5, 5.41) is 0.135. The van der Waals surface area contributed by atoms with Crippen LogP contribution >= 0.6 is 11.6 Å². The topological polar surface area (TPSA) is 62.5 Å². The van der Waals surface area contributed by atoms with E-state index in [0.717, 1.165) is 51.3 Å². The van der Waals surface area contributed by atoms with Gasteiger partial charge in [0.1, 0.15) is 5.03 Å². The first-order chi connectivity index (χ1) is 11.0. The van der Waals surface area contributed by atoms with Crippen LogP contribution in [0.25, 0.3) is 0 Å². The van der Waals surface area contributed by atoms with Crippen LogP contribution in [0.2, 0.25) is 0 Å². The highest BCUT2D eigenvalue weighted by molar-refractivity contribution is 6.42. The van der Waals surface area contributed by atoms with Crippen LogP contribution in [0.4, 0.5) is 0 Å². The van der Waals surface area contributed by atoms with Crippen molar-refractivity contribution in [2.24, 2.45) is 5.73 Å². The molecule has 2 heterocycles. The Morgan fingerprint density at radius 3 is 2.65 bits per heavy atom. The van der Waals surface area contributed by atoms with Crippen molar-refractivity contribution in [3.8, 4) is 0 Å². The van der Waals surface area contributed by atoms with Gasteiger partial charge in [-0.15, -0.1) is 0 Å². The Morgan fingerprint density at radius 2 is 2.04 bits per heavy atom. The van der Waals surface area contributed by atoms with Gasteiger partial charge in [0.2, 0.25) is 0 Å². The molecule has 1 aliphatic heterocycles. The molecule has 1 saturated heterocycles. The van der Waals surface area contributed by atoms with E-state index in [2.05, 4.69) is 27.8 Å². The highest BCUT2D eigenvalue weighted by atomic mass is 35.5. The fraction of sp³-hybridized carbons (Fsp3) is 0.529. The van der Waals surface area contributed by atoms with Crippen LogP contribution < -0.4 is 5.73 Å². The molecule has 23 heavy (non-hydrogen) atoms. The third-order valence-electron chi connectivity index (χ3n) is 4.25. The second-order valence-electron chi connectivity index (χ2n) is 5.89. The second kappa shape index (κ2) is 8.31. The van der Waals surface area contributed by atoms with E-state index in [9.17, 15) is 4.79 Å². The number of amides is 1. The summed E-state index contributed by atoms with van der Waals surface area (Å²) in [6.45, 7) is 8.50. The first-order valence-electron chi connectivity index (χ1n) is 8.09. The lowest BCUT2D eigenvalue weighted by Crippen LogP contribution is -2.45. The van der Waals surface area contributed by atoms with Gasteiger partial charge < -0.3 is 10.6 Å². The summed E-state index contributed by atoms with van der Waals surface area (Å²) in [4.78, 5) is 20.2. The van der Waals surface area contributed by atoms with E-state index in [4.69, 9.17) is 17.3 Å². The zero-order chi connectivity index (χ0) is 16.8. The van der Waals surface area contributed by atoms with Gasteiger partial charge in [0.25, 0.3) is 5.91 Å². The number of nitrogens with zero attached hydrogens (tertiary/aromatic N) is 3. The van der Waals surface area contributed by atoms with E-state index in [1.54, 1.807) is 0 Å². The van der Waals surface area contributed by atoms with Gasteiger partial charge in [-0.2, -0.15) is 0 Å². The minimum atomic E-state index is -0.564. The van der Waals surface area contributed by atoms with Gasteiger partial charge in [-0.25, -0.2) is 0 Å². The van der Waals surface area contributed by atoms with Crippen LogP contribution in [-0.4, -0.2) is 46.9 Å². The van der Waals surface area contributed by atoms with Crippen molar-refractivity contribution in [3.63, 3.8) is 0 Å². The lowest BCUT2D eigenvalue weighted by atomic mass is 10.1. The number of nitrogens with two attached hydrogens (primary N) is 1. The molecule has 1 aromatic heterocycles. The quantitative estimate of drug-likeness (QED) is 0.808. The SMILES string of the molecule is CCCc1ncccc1CN1CCN(/C(C)=C(\Cl)C(N)=O)CC1. The zero-order valence-electron chi connectivity index (χ0n) is 13.9. The Balaban J connectivity index is 1.95. The maximum absolute atomic E-state index is 11.2. The number of primary amides is 1. The number of halogens is 1. The van der Waals surface area contributed by atoms with Crippen LogP contribution in [0.3, 0.4) is 0 Å². The molecule has 0 saturated carbocycles. The van der Waals surface area contributed by atoms with Crippen molar-refractivity contribution >= 4 is 17.5 Å². The Morgan fingerprint density at radius 1 is 1.35 bits per heavy atom. The van der Waals surface area contributed by atoms with Crippen molar-refractivity contribution in [1.82, 2.24) is 14.8 Å². The van der Waals surface area contributed by atoms with E-state index < -0.39 is 5.91 Å². The molecule has 0 radical (unpaired) electrons. The van der Waals surface area contributed by atoms with Gasteiger partial charge in [-0.05, 0) is 25.0 Å². The molecule has 2 N–H and O–H groups in total. The summed E-state index contributed by atoms with van der Waals surface area (Å²) >= 11 is 5.96. The van der Waals surface area contributed by atoms with Crippen molar-refractivity contribution < 1.29 is 4.79 Å². The van der Waals surface area contributed by atoms with Gasteiger partial charge >= 0.3 is 0 Å². The summed E-state index contributed by atoms with van der Waals surface area (Å²) in [5.41, 5.74) is 8.53. The van der Waals surface area contributed by atoms with Gasteiger partial charge in [-0.1, -0.05) is 31.0 Å². The Hall–Kier alpha value is -1.59. The summed E-state index contributed by atoms with van der Waals surface area (Å²) < 4.78 is 0. The first-order valence-corrected chi connectivity index (χ1v) is 8.47. The fourth-order valence-corrected chi connectivity index (χ4v) is 3.00. The number of rotatable bonds is 6. The van der Waals surface area contributed by atoms with Crippen LogP contribution in [0, 0.1) is 0 Å². The molecular formula is C17H25ClN4O. The van der Waals surface area contributed by atoms with Crippen molar-refractivity contribution in [2.45, 2.75) is 33.2 Å². The van der Waals surface area contributed by atoms with Crippen molar-refractivity contribution in [2.75, 3.05) is 26.2 Å².